The molecule has 5 nitrogen and oxygen atoms in total. The Labute approximate surface area is 124 Å². The number of carbonyl (C=O) groups excluding carboxylic acids is 1. The number of amides is 1. The number of carbonyl (C=O) groups is 2. The second-order valence-electron chi connectivity index (χ2n) is 3.66. The minimum absolute atomic E-state index is 0.249. The molecule has 0 saturated heterocycles. The van der Waals surface area contributed by atoms with E-state index in [2.05, 4.69) is 5.32 Å². The van der Waals surface area contributed by atoms with E-state index < -0.39 is 11.9 Å². The van der Waals surface area contributed by atoms with Crippen LogP contribution in [0.15, 0.2) is 44.9 Å². The summed E-state index contributed by atoms with van der Waals surface area (Å²) in [4.78, 5) is 23.3. The number of hydrogen-bond donors (Lipinski definition) is 2. The van der Waals surface area contributed by atoms with E-state index in [1.54, 1.807) is 42.2 Å². The summed E-state index contributed by atoms with van der Waals surface area (Å²) in [6.07, 6.45) is 0. The summed E-state index contributed by atoms with van der Waals surface area (Å²) in [5.41, 5.74) is 0.261. The summed E-state index contributed by atoms with van der Waals surface area (Å²) in [6.45, 7) is 0. The zero-order chi connectivity index (χ0) is 14.5. The standard InChI is InChI=1S/C13H11NO4S2/c1-18-9-4-2-8(3-5-9)14-11(15)10(12(16)17)13-19-6-7-20-13/h2-7H,1H3,(H,14,15)(H,16,17). The van der Waals surface area contributed by atoms with Crippen molar-refractivity contribution in [2.75, 3.05) is 12.4 Å². The molecule has 0 unspecified atom stereocenters. The Kier molecular flexibility index (Phi) is 4.75. The molecule has 1 amide bonds. The molecule has 20 heavy (non-hydrogen) atoms. The number of ether oxygens (including phenoxy) is 1. The van der Waals surface area contributed by atoms with E-state index in [9.17, 15) is 14.7 Å². The van der Waals surface area contributed by atoms with Crippen LogP contribution in [0.2, 0.25) is 0 Å². The summed E-state index contributed by atoms with van der Waals surface area (Å²) < 4.78 is 5.47. The van der Waals surface area contributed by atoms with Crippen molar-refractivity contribution in [3.8, 4) is 5.75 Å². The SMILES string of the molecule is COc1ccc(NC(=O)C(C(=O)O)=C2SC=CS2)cc1. The van der Waals surface area contributed by atoms with Gasteiger partial charge in [0.2, 0.25) is 0 Å². The van der Waals surface area contributed by atoms with Gasteiger partial charge in [-0.3, -0.25) is 4.79 Å². The van der Waals surface area contributed by atoms with Gasteiger partial charge in [0.1, 0.15) is 11.3 Å². The first kappa shape index (κ1) is 14.5. The fourth-order valence-electron chi connectivity index (χ4n) is 1.47. The third-order valence-electron chi connectivity index (χ3n) is 2.40. The van der Waals surface area contributed by atoms with Gasteiger partial charge in [0.05, 0.1) is 11.3 Å². The van der Waals surface area contributed by atoms with Gasteiger partial charge in [-0.2, -0.15) is 0 Å². The van der Waals surface area contributed by atoms with Crippen LogP contribution in [-0.4, -0.2) is 24.1 Å². The number of benzene rings is 1. The number of carboxylic acid groups (broad SMARTS) is 1. The number of methoxy groups -OCH3 is 1. The molecular formula is C13H11NO4S2. The first-order chi connectivity index (χ1) is 9.61. The van der Waals surface area contributed by atoms with Crippen molar-refractivity contribution < 1.29 is 19.4 Å². The molecule has 0 fully saturated rings. The molecule has 1 aliphatic heterocycles. The third-order valence-corrected chi connectivity index (χ3v) is 4.53. The molecule has 7 heteroatoms. The van der Waals surface area contributed by atoms with Crippen LogP contribution in [0.3, 0.4) is 0 Å². The zero-order valence-electron chi connectivity index (χ0n) is 10.5. The largest absolute Gasteiger partial charge is 0.497 e. The van der Waals surface area contributed by atoms with Gasteiger partial charge < -0.3 is 15.2 Å². The maximum atomic E-state index is 12.1. The average Bonchev–Trinajstić information content (AvgIpc) is 2.93. The van der Waals surface area contributed by atoms with Crippen LogP contribution < -0.4 is 10.1 Å². The van der Waals surface area contributed by atoms with Gasteiger partial charge in [-0.05, 0) is 35.1 Å². The van der Waals surface area contributed by atoms with Crippen LogP contribution in [0.4, 0.5) is 5.69 Å². The van der Waals surface area contributed by atoms with Gasteiger partial charge in [0.15, 0.2) is 0 Å². The van der Waals surface area contributed by atoms with Crippen molar-refractivity contribution in [2.24, 2.45) is 0 Å². The average molecular weight is 309 g/mol. The molecule has 0 aromatic heterocycles. The lowest BCUT2D eigenvalue weighted by atomic mass is 10.2. The molecule has 0 atom stereocenters. The highest BCUT2D eigenvalue weighted by Crippen LogP contribution is 2.40. The van der Waals surface area contributed by atoms with Gasteiger partial charge in [-0.15, -0.1) is 0 Å². The zero-order valence-corrected chi connectivity index (χ0v) is 12.1. The van der Waals surface area contributed by atoms with Crippen molar-refractivity contribution in [3.63, 3.8) is 0 Å². The second-order valence-corrected chi connectivity index (χ2v) is 5.75. The van der Waals surface area contributed by atoms with Crippen LogP contribution in [0.5, 0.6) is 5.75 Å². The number of hydrogen-bond acceptors (Lipinski definition) is 5. The predicted octanol–water partition coefficient (Wildman–Crippen LogP) is 2.88. The Morgan fingerprint density at radius 2 is 1.75 bits per heavy atom. The number of anilines is 1. The Balaban J connectivity index is 2.16. The van der Waals surface area contributed by atoms with Crippen LogP contribution in [0.25, 0.3) is 0 Å². The minimum Gasteiger partial charge on any atom is -0.497 e. The van der Waals surface area contributed by atoms with Gasteiger partial charge in [-0.25, -0.2) is 4.79 Å². The Hall–Kier alpha value is -1.86. The molecule has 2 N–H and O–H groups in total. The summed E-state index contributed by atoms with van der Waals surface area (Å²) >= 11 is 2.45. The number of rotatable bonds is 4. The minimum atomic E-state index is -1.24. The molecule has 0 radical (unpaired) electrons. The molecule has 1 heterocycles. The van der Waals surface area contributed by atoms with Crippen molar-refractivity contribution in [1.29, 1.82) is 0 Å². The Morgan fingerprint density at radius 1 is 1.15 bits per heavy atom. The summed E-state index contributed by atoms with van der Waals surface area (Å²) in [7, 11) is 1.54. The lowest BCUT2D eigenvalue weighted by Crippen LogP contribution is -2.21. The summed E-state index contributed by atoms with van der Waals surface area (Å²) in [5.74, 6) is -1.22. The smallest absolute Gasteiger partial charge is 0.343 e. The van der Waals surface area contributed by atoms with Crippen molar-refractivity contribution >= 4 is 41.1 Å². The summed E-state index contributed by atoms with van der Waals surface area (Å²) in [6, 6.07) is 6.66. The second kappa shape index (κ2) is 6.53. The molecule has 0 saturated carbocycles. The molecule has 0 aliphatic carbocycles. The fourth-order valence-corrected chi connectivity index (χ4v) is 3.31. The number of aliphatic carboxylic acids is 1. The molecule has 0 spiro atoms. The maximum Gasteiger partial charge on any atom is 0.343 e. The molecule has 2 rings (SSSR count). The van der Waals surface area contributed by atoms with Gasteiger partial charge >= 0.3 is 5.97 Å². The summed E-state index contributed by atoms with van der Waals surface area (Å²) in [5, 5.41) is 15.2. The number of carboxylic acids is 1. The first-order valence-electron chi connectivity index (χ1n) is 5.53. The van der Waals surface area contributed by atoms with E-state index in [4.69, 9.17) is 4.74 Å². The van der Waals surface area contributed by atoms with E-state index in [-0.39, 0.29) is 5.57 Å². The third kappa shape index (κ3) is 3.37. The van der Waals surface area contributed by atoms with Crippen LogP contribution in [0.1, 0.15) is 0 Å². The lowest BCUT2D eigenvalue weighted by Gasteiger charge is -2.08. The number of nitrogens with one attached hydrogen (secondary N) is 1. The van der Waals surface area contributed by atoms with Crippen molar-refractivity contribution in [2.45, 2.75) is 0 Å². The predicted molar refractivity (Wildman–Crippen MR) is 80.6 cm³/mol. The van der Waals surface area contributed by atoms with Crippen LogP contribution in [0, 0.1) is 0 Å². The number of thioether (sulfide) groups is 2. The molecule has 1 aromatic rings. The Morgan fingerprint density at radius 3 is 2.25 bits per heavy atom. The van der Waals surface area contributed by atoms with E-state index in [0.717, 1.165) is 0 Å². The molecule has 104 valence electrons. The van der Waals surface area contributed by atoms with E-state index >= 15 is 0 Å². The van der Waals surface area contributed by atoms with Gasteiger partial charge in [0.25, 0.3) is 5.91 Å². The van der Waals surface area contributed by atoms with Crippen molar-refractivity contribution in [3.05, 3.63) is 44.9 Å². The highest BCUT2D eigenvalue weighted by Gasteiger charge is 2.24. The van der Waals surface area contributed by atoms with Gasteiger partial charge in [-0.1, -0.05) is 23.5 Å². The normalized spacial score (nSPS) is 13.2. The Bertz CT molecular complexity index is 583. The van der Waals surface area contributed by atoms with Crippen molar-refractivity contribution in [1.82, 2.24) is 0 Å². The first-order valence-corrected chi connectivity index (χ1v) is 7.29. The van der Waals surface area contributed by atoms with E-state index in [0.29, 0.717) is 15.7 Å². The molecule has 1 aromatic carbocycles. The topological polar surface area (TPSA) is 75.6 Å². The highest BCUT2D eigenvalue weighted by atomic mass is 32.2. The quantitative estimate of drug-likeness (QED) is 0.506. The van der Waals surface area contributed by atoms with Crippen LogP contribution >= 0.6 is 23.5 Å². The lowest BCUT2D eigenvalue weighted by molar-refractivity contribution is -0.134. The molecule has 1 aliphatic rings. The van der Waals surface area contributed by atoms with Gasteiger partial charge in [0, 0.05) is 5.69 Å². The highest BCUT2D eigenvalue weighted by molar-refractivity contribution is 8.27. The maximum absolute atomic E-state index is 12.1. The fraction of sp³-hybridized carbons (Fsp3) is 0.0769. The molecule has 0 bridgehead atoms. The monoisotopic (exact) mass is 309 g/mol. The van der Waals surface area contributed by atoms with E-state index in [1.807, 2.05) is 0 Å². The van der Waals surface area contributed by atoms with E-state index in [1.165, 1.54) is 23.5 Å². The molecular weight excluding hydrogens is 298 g/mol. The van der Waals surface area contributed by atoms with Crippen LogP contribution in [-0.2, 0) is 9.59 Å².